The van der Waals surface area contributed by atoms with E-state index in [0.29, 0.717) is 12.3 Å². The number of rotatable bonds is 5. The lowest BCUT2D eigenvalue weighted by Gasteiger charge is -2.09. The molecule has 5 nitrogen and oxygen atoms in total. The maximum Gasteiger partial charge on any atom is 0.161 e. The van der Waals surface area contributed by atoms with Gasteiger partial charge in [-0.25, -0.2) is 0 Å². The molecule has 2 rings (SSSR count). The summed E-state index contributed by atoms with van der Waals surface area (Å²) in [5.41, 5.74) is 8.62. The Balaban J connectivity index is 2.41. The summed E-state index contributed by atoms with van der Waals surface area (Å²) >= 11 is 0. The normalized spacial score (nSPS) is 10.5. The maximum absolute atomic E-state index is 5.56. The van der Waals surface area contributed by atoms with E-state index in [9.17, 15) is 0 Å². The van der Waals surface area contributed by atoms with Crippen molar-refractivity contribution in [3.8, 4) is 22.8 Å². The van der Waals surface area contributed by atoms with Gasteiger partial charge in [-0.15, -0.1) is 0 Å². The number of methoxy groups -OCH3 is 2. The molecule has 0 fully saturated rings. The molecule has 0 amide bonds. The predicted octanol–water partition coefficient (Wildman–Crippen LogP) is 1.61. The second-order valence-corrected chi connectivity index (χ2v) is 4.25. The molecule has 0 aliphatic carbocycles. The van der Waals surface area contributed by atoms with Gasteiger partial charge in [-0.1, -0.05) is 0 Å². The number of hydrogen-bond donors (Lipinski definition) is 1. The molecule has 0 aliphatic rings. The van der Waals surface area contributed by atoms with Crippen LogP contribution in [0.25, 0.3) is 11.3 Å². The minimum Gasteiger partial charge on any atom is -0.493 e. The number of nitrogens with zero attached hydrogens (tertiary/aromatic N) is 2. The summed E-state index contributed by atoms with van der Waals surface area (Å²) in [5.74, 6) is 1.43. The molecule has 5 heteroatoms. The van der Waals surface area contributed by atoms with Gasteiger partial charge in [0.2, 0.25) is 0 Å². The molecule has 0 saturated carbocycles. The van der Waals surface area contributed by atoms with Crippen molar-refractivity contribution in [1.82, 2.24) is 9.78 Å². The third-order valence-electron chi connectivity index (χ3n) is 3.01. The molecule has 19 heavy (non-hydrogen) atoms. The fourth-order valence-corrected chi connectivity index (χ4v) is 2.06. The van der Waals surface area contributed by atoms with Gasteiger partial charge in [0.15, 0.2) is 11.5 Å². The number of aryl methyl sites for hydroxylation is 1. The van der Waals surface area contributed by atoms with Crippen LogP contribution in [0, 0.1) is 0 Å². The van der Waals surface area contributed by atoms with Crippen LogP contribution >= 0.6 is 0 Å². The molecule has 2 aromatic rings. The third kappa shape index (κ3) is 2.71. The molecule has 0 aliphatic heterocycles. The Bertz CT molecular complexity index is 564. The molecule has 2 N–H and O–H groups in total. The van der Waals surface area contributed by atoms with Crippen molar-refractivity contribution in [2.75, 3.05) is 20.8 Å². The lowest BCUT2D eigenvalue weighted by molar-refractivity contribution is 0.355. The van der Waals surface area contributed by atoms with Gasteiger partial charge in [-0.05, 0) is 30.8 Å². The van der Waals surface area contributed by atoms with Gasteiger partial charge in [0.1, 0.15) is 0 Å². The SMILES string of the molecule is COc1ccc(-c2cc(CCN)nn2C)cc1OC. The fraction of sp³-hybridized carbons (Fsp3) is 0.357. The van der Waals surface area contributed by atoms with Crippen molar-refractivity contribution in [2.45, 2.75) is 6.42 Å². The van der Waals surface area contributed by atoms with Gasteiger partial charge in [0.25, 0.3) is 0 Å². The van der Waals surface area contributed by atoms with Gasteiger partial charge >= 0.3 is 0 Å². The van der Waals surface area contributed by atoms with E-state index in [1.807, 2.05) is 36.0 Å². The van der Waals surface area contributed by atoms with Crippen LogP contribution in [-0.4, -0.2) is 30.5 Å². The van der Waals surface area contributed by atoms with Gasteiger partial charge in [-0.3, -0.25) is 4.68 Å². The highest BCUT2D eigenvalue weighted by Gasteiger charge is 2.10. The zero-order valence-corrected chi connectivity index (χ0v) is 11.5. The van der Waals surface area contributed by atoms with Crippen molar-refractivity contribution in [3.05, 3.63) is 30.0 Å². The Morgan fingerprint density at radius 2 is 1.89 bits per heavy atom. The van der Waals surface area contributed by atoms with Crippen molar-refractivity contribution < 1.29 is 9.47 Å². The average Bonchev–Trinajstić information content (AvgIpc) is 2.79. The predicted molar refractivity (Wildman–Crippen MR) is 74.5 cm³/mol. The van der Waals surface area contributed by atoms with Crippen molar-refractivity contribution in [2.24, 2.45) is 12.8 Å². The highest BCUT2D eigenvalue weighted by Crippen LogP contribution is 2.32. The molecule has 1 heterocycles. The number of aromatic nitrogens is 2. The van der Waals surface area contributed by atoms with Crippen LogP contribution in [0.5, 0.6) is 11.5 Å². The van der Waals surface area contributed by atoms with E-state index in [1.54, 1.807) is 14.2 Å². The first-order chi connectivity index (χ1) is 9.19. The van der Waals surface area contributed by atoms with Crippen LogP contribution < -0.4 is 15.2 Å². The Morgan fingerprint density at radius 1 is 1.16 bits per heavy atom. The Labute approximate surface area is 112 Å². The minimum atomic E-state index is 0.600. The quantitative estimate of drug-likeness (QED) is 0.888. The van der Waals surface area contributed by atoms with E-state index in [0.717, 1.165) is 29.1 Å². The van der Waals surface area contributed by atoms with Crippen molar-refractivity contribution in [1.29, 1.82) is 0 Å². The summed E-state index contributed by atoms with van der Waals surface area (Å²) in [6.45, 7) is 0.600. The lowest BCUT2D eigenvalue weighted by atomic mass is 10.1. The average molecular weight is 261 g/mol. The van der Waals surface area contributed by atoms with Gasteiger partial charge in [-0.2, -0.15) is 5.10 Å². The Morgan fingerprint density at radius 3 is 2.53 bits per heavy atom. The van der Waals surface area contributed by atoms with Gasteiger partial charge in [0.05, 0.1) is 25.6 Å². The molecule has 0 unspecified atom stereocenters. The molecule has 0 saturated heterocycles. The van der Waals surface area contributed by atoms with E-state index < -0.39 is 0 Å². The Hall–Kier alpha value is -2.01. The van der Waals surface area contributed by atoms with E-state index in [2.05, 4.69) is 5.10 Å². The van der Waals surface area contributed by atoms with E-state index >= 15 is 0 Å². The van der Waals surface area contributed by atoms with Crippen LogP contribution in [0.2, 0.25) is 0 Å². The maximum atomic E-state index is 5.56. The van der Waals surface area contributed by atoms with E-state index in [1.165, 1.54) is 0 Å². The summed E-state index contributed by atoms with van der Waals surface area (Å²) in [5, 5.41) is 4.44. The lowest BCUT2D eigenvalue weighted by Crippen LogP contribution is -2.03. The number of nitrogens with two attached hydrogens (primary N) is 1. The highest BCUT2D eigenvalue weighted by atomic mass is 16.5. The largest absolute Gasteiger partial charge is 0.493 e. The smallest absolute Gasteiger partial charge is 0.161 e. The monoisotopic (exact) mass is 261 g/mol. The Kier molecular flexibility index (Phi) is 4.06. The van der Waals surface area contributed by atoms with Gasteiger partial charge in [0, 0.05) is 19.0 Å². The van der Waals surface area contributed by atoms with Gasteiger partial charge < -0.3 is 15.2 Å². The molecular weight excluding hydrogens is 242 g/mol. The fourth-order valence-electron chi connectivity index (χ4n) is 2.06. The number of hydrogen-bond acceptors (Lipinski definition) is 4. The number of benzene rings is 1. The summed E-state index contributed by atoms with van der Waals surface area (Å²) in [6, 6.07) is 7.88. The van der Waals surface area contributed by atoms with E-state index in [-0.39, 0.29) is 0 Å². The first kappa shape index (κ1) is 13.4. The van der Waals surface area contributed by atoms with Crippen LogP contribution in [0.3, 0.4) is 0 Å². The van der Waals surface area contributed by atoms with Crippen molar-refractivity contribution in [3.63, 3.8) is 0 Å². The molecule has 0 radical (unpaired) electrons. The van der Waals surface area contributed by atoms with Crippen LogP contribution in [-0.2, 0) is 13.5 Å². The molecule has 1 aromatic carbocycles. The molecule has 1 aromatic heterocycles. The second-order valence-electron chi connectivity index (χ2n) is 4.25. The van der Waals surface area contributed by atoms with Crippen LogP contribution in [0.4, 0.5) is 0 Å². The van der Waals surface area contributed by atoms with Crippen molar-refractivity contribution >= 4 is 0 Å². The zero-order valence-electron chi connectivity index (χ0n) is 11.5. The summed E-state index contributed by atoms with van der Waals surface area (Å²) < 4.78 is 12.4. The standard InChI is InChI=1S/C14H19N3O2/c1-17-12(9-11(16-17)6-7-15)10-4-5-13(18-2)14(8-10)19-3/h4-5,8-9H,6-7,15H2,1-3H3. The second kappa shape index (κ2) is 5.75. The molecule has 0 bridgehead atoms. The molecule has 102 valence electrons. The number of ether oxygens (including phenoxy) is 2. The molecular formula is C14H19N3O2. The molecule has 0 atom stereocenters. The summed E-state index contributed by atoms with van der Waals surface area (Å²) in [7, 11) is 5.18. The molecule has 0 spiro atoms. The highest BCUT2D eigenvalue weighted by molar-refractivity contribution is 5.64. The first-order valence-corrected chi connectivity index (χ1v) is 6.15. The minimum absolute atomic E-state index is 0.600. The topological polar surface area (TPSA) is 62.3 Å². The summed E-state index contributed by atoms with van der Waals surface area (Å²) in [6.07, 6.45) is 0.779. The van der Waals surface area contributed by atoms with E-state index in [4.69, 9.17) is 15.2 Å². The zero-order chi connectivity index (χ0) is 13.8. The van der Waals surface area contributed by atoms with Crippen LogP contribution in [0.1, 0.15) is 5.69 Å². The summed E-state index contributed by atoms with van der Waals surface area (Å²) in [4.78, 5) is 0. The van der Waals surface area contributed by atoms with Crippen LogP contribution in [0.15, 0.2) is 24.3 Å². The first-order valence-electron chi connectivity index (χ1n) is 6.15. The third-order valence-corrected chi connectivity index (χ3v) is 3.01.